The van der Waals surface area contributed by atoms with Crippen LogP contribution in [0.15, 0.2) is 79.8 Å². The number of hydrogen-bond donors (Lipinski definition) is 1. The summed E-state index contributed by atoms with van der Waals surface area (Å²) in [4.78, 5) is 41.8. The van der Waals surface area contributed by atoms with Gasteiger partial charge >= 0.3 is 5.97 Å². The lowest BCUT2D eigenvalue weighted by molar-refractivity contribution is -0.138. The van der Waals surface area contributed by atoms with Crippen LogP contribution in [0.25, 0.3) is 11.0 Å². The van der Waals surface area contributed by atoms with Crippen molar-refractivity contribution in [2.45, 2.75) is 38.5 Å². The van der Waals surface area contributed by atoms with Crippen molar-refractivity contribution in [3.05, 3.63) is 91.2 Å². The number of esters is 1. The highest BCUT2D eigenvalue weighted by molar-refractivity contribution is 7.99. The lowest BCUT2D eigenvalue weighted by atomic mass is 9.73. The molecule has 0 radical (unpaired) electrons. The summed E-state index contributed by atoms with van der Waals surface area (Å²) in [5, 5.41) is 5.76. The van der Waals surface area contributed by atoms with E-state index in [0.717, 1.165) is 16.3 Å². The Morgan fingerprint density at radius 2 is 2.03 bits per heavy atom. The monoisotopic (exact) mass is 521 g/mol. The van der Waals surface area contributed by atoms with Crippen LogP contribution < -0.4 is 10.7 Å². The number of thioether (sulfide) groups is 1. The molecule has 1 aliphatic heterocycles. The van der Waals surface area contributed by atoms with E-state index in [1.165, 1.54) is 6.26 Å². The number of Topliss-reactive ketones (excluding diaryl/α,β-unsaturated/α-hetero) is 1. The number of ether oxygens (including phenoxy) is 1. The lowest BCUT2D eigenvalue weighted by Gasteiger charge is -2.36. The van der Waals surface area contributed by atoms with Crippen molar-refractivity contribution >= 4 is 45.8 Å². The topological polar surface area (TPSA) is 85.6 Å². The normalized spacial score (nSPS) is 19.9. The number of carbonyl (C=O) groups excluding carboxylic acids is 2. The van der Waals surface area contributed by atoms with Crippen LogP contribution in [0, 0.1) is 0 Å². The Balaban J connectivity index is 1.61. The minimum atomic E-state index is -0.842. The largest absolute Gasteiger partial charge is 0.464 e. The molecule has 2 aliphatic rings. The van der Waals surface area contributed by atoms with Gasteiger partial charge in [-0.05, 0) is 42.7 Å². The van der Waals surface area contributed by atoms with Gasteiger partial charge in [-0.15, -0.1) is 11.3 Å². The van der Waals surface area contributed by atoms with Gasteiger partial charge in [0.05, 0.1) is 23.1 Å². The Bertz CT molecular complexity index is 1430. The summed E-state index contributed by atoms with van der Waals surface area (Å²) >= 11 is 3.32. The van der Waals surface area contributed by atoms with Gasteiger partial charge in [-0.3, -0.25) is 9.59 Å². The van der Waals surface area contributed by atoms with Crippen molar-refractivity contribution in [2.75, 3.05) is 18.1 Å². The van der Waals surface area contributed by atoms with Gasteiger partial charge in [0, 0.05) is 45.5 Å². The van der Waals surface area contributed by atoms with Gasteiger partial charge < -0.3 is 14.5 Å². The molecule has 186 valence electrons. The third kappa shape index (κ3) is 4.55. The molecule has 3 aromatic rings. The van der Waals surface area contributed by atoms with Crippen LogP contribution in [0.2, 0.25) is 0 Å². The van der Waals surface area contributed by atoms with Crippen LogP contribution in [0.4, 0.5) is 0 Å². The van der Waals surface area contributed by atoms with Gasteiger partial charge in [0.25, 0.3) is 0 Å². The second-order valence-corrected chi connectivity index (χ2v) is 11.3. The van der Waals surface area contributed by atoms with E-state index in [1.54, 1.807) is 54.3 Å². The van der Waals surface area contributed by atoms with E-state index in [2.05, 4.69) is 5.32 Å². The highest BCUT2D eigenvalue weighted by atomic mass is 32.2. The summed E-state index contributed by atoms with van der Waals surface area (Å²) in [7, 11) is 0. The first kappa shape index (κ1) is 24.6. The first-order chi connectivity index (χ1) is 17.5. The Kier molecular flexibility index (Phi) is 7.16. The minimum absolute atomic E-state index is 0.0600. The molecule has 36 heavy (non-hydrogen) atoms. The van der Waals surface area contributed by atoms with Crippen LogP contribution in [0.3, 0.4) is 0 Å². The summed E-state index contributed by atoms with van der Waals surface area (Å²) in [5.41, 5.74) is 2.61. The van der Waals surface area contributed by atoms with E-state index < -0.39 is 11.9 Å². The van der Waals surface area contributed by atoms with Crippen molar-refractivity contribution in [3.8, 4) is 0 Å². The van der Waals surface area contributed by atoms with E-state index in [9.17, 15) is 14.4 Å². The average molecular weight is 522 g/mol. The molecule has 8 heteroatoms. The zero-order chi connectivity index (χ0) is 25.2. The smallest absolute Gasteiger partial charge is 0.336 e. The zero-order valence-electron chi connectivity index (χ0n) is 20.2. The Labute approximate surface area is 217 Å². The fourth-order valence-corrected chi connectivity index (χ4v) is 6.37. The first-order valence-corrected chi connectivity index (χ1v) is 14.1. The average Bonchev–Trinajstić information content (AvgIpc) is 3.41. The minimum Gasteiger partial charge on any atom is -0.464 e. The number of fused-ring (bicyclic) bond motifs is 1. The maximum absolute atomic E-state index is 13.7. The molecule has 0 unspecified atom stereocenters. The third-order valence-electron chi connectivity index (χ3n) is 6.68. The quantitative estimate of drug-likeness (QED) is 0.324. The predicted octanol–water partition coefficient (Wildman–Crippen LogP) is 5.51. The van der Waals surface area contributed by atoms with E-state index in [-0.39, 0.29) is 29.3 Å². The number of hydrogen-bond acceptors (Lipinski definition) is 8. The molecular formula is C28H27NO5S2. The number of dihydropyridines is 1. The molecular weight excluding hydrogens is 494 g/mol. The Hall–Kier alpha value is -3.10. The molecule has 2 atom stereocenters. The summed E-state index contributed by atoms with van der Waals surface area (Å²) < 4.78 is 11.4. The van der Waals surface area contributed by atoms with Gasteiger partial charge in [-0.1, -0.05) is 25.1 Å². The fourth-order valence-electron chi connectivity index (χ4n) is 5.05. The van der Waals surface area contributed by atoms with Crippen molar-refractivity contribution in [1.82, 2.24) is 5.32 Å². The molecule has 3 heterocycles. The van der Waals surface area contributed by atoms with Crippen molar-refractivity contribution in [3.63, 3.8) is 0 Å². The van der Waals surface area contributed by atoms with E-state index in [1.807, 2.05) is 24.4 Å². The number of allylic oxidation sites excluding steroid dienone is 3. The number of rotatable bonds is 7. The van der Waals surface area contributed by atoms with Gasteiger partial charge in [0.2, 0.25) is 0 Å². The van der Waals surface area contributed by atoms with E-state index in [0.29, 0.717) is 46.4 Å². The summed E-state index contributed by atoms with van der Waals surface area (Å²) in [6, 6.07) is 11.0. The standard InChI is InChI=1S/C28H27NO5S2/c1-3-35-12-10-33-28(32)24-16(2)29-20-13-17(23-9-6-11-36-23)14-21(30)26(20)25(24)19-15-34-22-8-5-4-7-18(22)27(19)31/h4-9,11,15,17,25,29H,3,10,12-14H2,1-2H3/t17-,25-/m1/s1. The van der Waals surface area contributed by atoms with Crippen LogP contribution in [0.5, 0.6) is 0 Å². The molecule has 0 saturated heterocycles. The second-order valence-electron chi connectivity index (χ2n) is 8.88. The molecule has 6 nitrogen and oxygen atoms in total. The molecule has 1 aliphatic carbocycles. The number of ketones is 1. The second kappa shape index (κ2) is 10.5. The number of nitrogens with one attached hydrogen (secondary N) is 1. The number of para-hydroxylation sites is 1. The zero-order valence-corrected chi connectivity index (χ0v) is 21.8. The van der Waals surface area contributed by atoms with Gasteiger partial charge in [-0.2, -0.15) is 11.8 Å². The molecule has 1 aromatic carbocycles. The van der Waals surface area contributed by atoms with Crippen LogP contribution >= 0.6 is 23.1 Å². The molecule has 0 bridgehead atoms. The molecule has 0 amide bonds. The van der Waals surface area contributed by atoms with E-state index in [4.69, 9.17) is 9.15 Å². The molecule has 0 saturated carbocycles. The van der Waals surface area contributed by atoms with Crippen molar-refractivity contribution < 1.29 is 18.7 Å². The maximum atomic E-state index is 13.7. The summed E-state index contributed by atoms with van der Waals surface area (Å²) in [6.07, 6.45) is 2.35. The molecule has 0 spiro atoms. The van der Waals surface area contributed by atoms with Crippen molar-refractivity contribution in [2.24, 2.45) is 0 Å². The van der Waals surface area contributed by atoms with Gasteiger partial charge in [0.1, 0.15) is 12.2 Å². The number of benzene rings is 1. The first-order valence-electron chi connectivity index (χ1n) is 12.0. The van der Waals surface area contributed by atoms with Gasteiger partial charge in [0.15, 0.2) is 11.2 Å². The maximum Gasteiger partial charge on any atom is 0.336 e. The number of thiophene rings is 1. The summed E-state index contributed by atoms with van der Waals surface area (Å²) in [6.45, 7) is 4.11. The fraction of sp³-hybridized carbons (Fsp3) is 0.321. The lowest BCUT2D eigenvalue weighted by Crippen LogP contribution is -2.37. The third-order valence-corrected chi connectivity index (χ3v) is 8.57. The SMILES string of the molecule is CCSCCOC(=O)C1=C(C)NC2=C(C(=O)C[C@H](c3cccs3)C2)[C@@H]1c1coc2ccccc2c1=O. The molecule has 2 aromatic heterocycles. The van der Waals surface area contributed by atoms with Crippen LogP contribution in [-0.4, -0.2) is 29.9 Å². The highest BCUT2D eigenvalue weighted by Gasteiger charge is 2.43. The van der Waals surface area contributed by atoms with Crippen molar-refractivity contribution in [1.29, 1.82) is 0 Å². The van der Waals surface area contributed by atoms with E-state index >= 15 is 0 Å². The highest BCUT2D eigenvalue weighted by Crippen LogP contribution is 2.45. The van der Waals surface area contributed by atoms with Crippen LogP contribution in [-0.2, 0) is 14.3 Å². The molecule has 1 N–H and O–H groups in total. The number of carbonyl (C=O) groups is 2. The Morgan fingerprint density at radius 1 is 1.19 bits per heavy atom. The molecule has 5 rings (SSSR count). The van der Waals surface area contributed by atoms with Gasteiger partial charge in [-0.25, -0.2) is 4.79 Å². The predicted molar refractivity (Wildman–Crippen MR) is 143 cm³/mol. The molecule has 0 fully saturated rings. The Morgan fingerprint density at radius 3 is 2.81 bits per heavy atom. The summed E-state index contributed by atoms with van der Waals surface area (Å²) in [5.74, 6) is 0.237. The van der Waals surface area contributed by atoms with Crippen LogP contribution in [0.1, 0.15) is 49.0 Å².